The molecule has 15 heteroatoms. The highest BCUT2D eigenvalue weighted by Gasteiger charge is 2.49. The van der Waals surface area contributed by atoms with Crippen molar-refractivity contribution in [2.24, 2.45) is 0 Å². The van der Waals surface area contributed by atoms with E-state index in [9.17, 15) is 26.4 Å². The molecule has 196 valence electrons. The molecule has 0 spiro atoms. The van der Waals surface area contributed by atoms with Crippen LogP contribution in [0.4, 0.5) is 13.2 Å². The summed E-state index contributed by atoms with van der Waals surface area (Å²) < 4.78 is 71.2. The third-order valence-corrected chi connectivity index (χ3v) is 7.44. The Balaban J connectivity index is 0.000000405. The molecule has 2 aliphatic heterocycles. The van der Waals surface area contributed by atoms with E-state index in [1.165, 1.54) is 33.7 Å². The van der Waals surface area contributed by atoms with E-state index in [4.69, 9.17) is 19.2 Å². The first-order valence-corrected chi connectivity index (χ1v) is 12.1. The molecule has 1 amide bonds. The Kier molecular flexibility index (Phi) is 7.18. The maximum Gasteiger partial charge on any atom is 0.490 e. The van der Waals surface area contributed by atoms with Gasteiger partial charge in [-0.05, 0) is 17.7 Å². The number of carbonyl (C=O) groups excluding carboxylic acids is 1. The lowest BCUT2D eigenvalue weighted by Crippen LogP contribution is -2.46. The number of rotatable bonds is 3. The quantitative estimate of drug-likeness (QED) is 0.529. The van der Waals surface area contributed by atoms with E-state index < -0.39 is 34.3 Å². The third-order valence-electron chi connectivity index (χ3n) is 5.55. The second kappa shape index (κ2) is 10.2. The topological polar surface area (TPSA) is 143 Å². The van der Waals surface area contributed by atoms with Crippen molar-refractivity contribution in [1.82, 2.24) is 19.3 Å². The normalized spacial score (nSPS) is 20.5. The van der Waals surface area contributed by atoms with Gasteiger partial charge in [0.15, 0.2) is 0 Å². The number of pyridine rings is 1. The van der Waals surface area contributed by atoms with Gasteiger partial charge in [-0.3, -0.25) is 4.79 Å². The van der Waals surface area contributed by atoms with Gasteiger partial charge in [-0.25, -0.2) is 18.2 Å². The summed E-state index contributed by atoms with van der Waals surface area (Å²) in [4.78, 5) is 27.4. The molecule has 1 aromatic carbocycles. The zero-order chi connectivity index (χ0) is 26.8. The second-order valence-corrected chi connectivity index (χ2v) is 9.81. The lowest BCUT2D eigenvalue weighted by Gasteiger charge is -2.28. The van der Waals surface area contributed by atoms with Gasteiger partial charge in [-0.15, -0.1) is 0 Å². The number of hydrogen-bond acceptors (Lipinski definition) is 8. The number of ether oxygens (including phenoxy) is 1. The highest BCUT2D eigenvalue weighted by molar-refractivity contribution is 7.89. The van der Waals surface area contributed by atoms with Crippen LogP contribution in [0.2, 0.25) is 0 Å². The van der Waals surface area contributed by atoms with Crippen molar-refractivity contribution in [2.75, 3.05) is 13.1 Å². The number of aromatic nitrogens is 2. The maximum absolute atomic E-state index is 13.6. The standard InChI is InChI=1S/C20H18N4O5S.C2HF3O2/c25-20(16-8-10-22-29-16)23-12-15-17(13-23)28-19-18(7-4-9-21-19)30(26,27)24(15)11-14-5-2-1-3-6-14;3-2(4,5)1(6)7/h1-10,15,17H,11-13H2;(H,6,7). The Morgan fingerprint density at radius 1 is 1.05 bits per heavy atom. The number of benzene rings is 1. The molecule has 0 radical (unpaired) electrons. The van der Waals surface area contributed by atoms with Crippen molar-refractivity contribution < 1.29 is 45.5 Å². The van der Waals surface area contributed by atoms with Gasteiger partial charge in [0, 0.05) is 25.4 Å². The Morgan fingerprint density at radius 2 is 1.76 bits per heavy atom. The summed E-state index contributed by atoms with van der Waals surface area (Å²) in [5.41, 5.74) is 0.840. The molecule has 1 saturated heterocycles. The number of carbonyl (C=O) groups is 2. The molecule has 1 N–H and O–H groups in total. The molecule has 5 rings (SSSR count). The third kappa shape index (κ3) is 5.56. The molecule has 3 aromatic rings. The van der Waals surface area contributed by atoms with Crippen LogP contribution in [0.5, 0.6) is 5.88 Å². The molecule has 1 fully saturated rings. The fourth-order valence-corrected chi connectivity index (χ4v) is 5.57. The number of carboxylic acids is 1. The van der Waals surface area contributed by atoms with Gasteiger partial charge >= 0.3 is 12.1 Å². The van der Waals surface area contributed by atoms with E-state index in [0.717, 1.165) is 5.56 Å². The predicted octanol–water partition coefficient (Wildman–Crippen LogP) is 2.18. The summed E-state index contributed by atoms with van der Waals surface area (Å²) in [6.45, 7) is 0.539. The molecule has 2 aromatic heterocycles. The molecular weight excluding hydrogens is 521 g/mol. The van der Waals surface area contributed by atoms with Crippen LogP contribution in [0.1, 0.15) is 16.1 Å². The van der Waals surface area contributed by atoms with Crippen LogP contribution >= 0.6 is 0 Å². The van der Waals surface area contributed by atoms with Crippen molar-refractivity contribution in [3.05, 3.63) is 72.2 Å². The van der Waals surface area contributed by atoms with Gasteiger partial charge in [0.1, 0.15) is 11.0 Å². The highest BCUT2D eigenvalue weighted by Crippen LogP contribution is 2.36. The average molecular weight is 540 g/mol. The Hall–Kier alpha value is -3.98. The minimum atomic E-state index is -5.08. The van der Waals surface area contributed by atoms with Crippen LogP contribution in [0.15, 0.2) is 70.3 Å². The van der Waals surface area contributed by atoms with Crippen LogP contribution < -0.4 is 4.74 Å². The van der Waals surface area contributed by atoms with Gasteiger partial charge < -0.3 is 19.3 Å². The Labute approximate surface area is 208 Å². The zero-order valence-corrected chi connectivity index (χ0v) is 19.6. The van der Waals surface area contributed by atoms with E-state index >= 15 is 0 Å². The number of aliphatic carboxylic acids is 1. The van der Waals surface area contributed by atoms with Crippen molar-refractivity contribution in [3.63, 3.8) is 0 Å². The van der Waals surface area contributed by atoms with Crippen LogP contribution in [-0.4, -0.2) is 76.2 Å². The molecule has 0 aliphatic carbocycles. The number of fused-ring (bicyclic) bond motifs is 2. The molecular formula is C22H19F3N4O7S. The summed E-state index contributed by atoms with van der Waals surface area (Å²) in [5.74, 6) is -2.96. The van der Waals surface area contributed by atoms with E-state index in [1.54, 1.807) is 6.07 Å². The molecule has 37 heavy (non-hydrogen) atoms. The molecule has 11 nitrogen and oxygen atoms in total. The summed E-state index contributed by atoms with van der Waals surface area (Å²) in [7, 11) is -3.90. The Bertz CT molecular complexity index is 1370. The van der Waals surface area contributed by atoms with Crippen molar-refractivity contribution in [3.8, 4) is 5.88 Å². The number of sulfonamides is 1. The first-order chi connectivity index (χ1) is 17.5. The number of carboxylic acid groups (broad SMARTS) is 1. The van der Waals surface area contributed by atoms with Crippen LogP contribution in [0.25, 0.3) is 0 Å². The minimum Gasteiger partial charge on any atom is -0.475 e. The number of nitrogens with zero attached hydrogens (tertiary/aromatic N) is 4. The number of likely N-dealkylation sites (tertiary alicyclic amines) is 1. The van der Waals surface area contributed by atoms with Crippen molar-refractivity contribution in [1.29, 1.82) is 0 Å². The monoisotopic (exact) mass is 540 g/mol. The van der Waals surface area contributed by atoms with Crippen molar-refractivity contribution in [2.45, 2.75) is 29.8 Å². The van der Waals surface area contributed by atoms with Crippen LogP contribution in [0, 0.1) is 0 Å². The number of amides is 1. The molecule has 2 unspecified atom stereocenters. The number of halogens is 3. The Morgan fingerprint density at radius 3 is 2.38 bits per heavy atom. The van der Waals surface area contributed by atoms with E-state index in [1.807, 2.05) is 30.3 Å². The summed E-state index contributed by atoms with van der Waals surface area (Å²) >= 11 is 0. The number of hydrogen-bond donors (Lipinski definition) is 1. The lowest BCUT2D eigenvalue weighted by atomic mass is 10.1. The predicted molar refractivity (Wildman–Crippen MR) is 118 cm³/mol. The van der Waals surface area contributed by atoms with Gasteiger partial charge in [0.05, 0.1) is 18.8 Å². The summed E-state index contributed by atoms with van der Waals surface area (Å²) in [6.07, 6.45) is -2.76. The molecule has 0 saturated carbocycles. The molecule has 2 atom stereocenters. The van der Waals surface area contributed by atoms with Crippen LogP contribution in [0.3, 0.4) is 0 Å². The van der Waals surface area contributed by atoms with E-state index in [2.05, 4.69) is 10.1 Å². The van der Waals surface area contributed by atoms with E-state index in [-0.39, 0.29) is 42.1 Å². The summed E-state index contributed by atoms with van der Waals surface area (Å²) in [5, 5.41) is 10.7. The lowest BCUT2D eigenvalue weighted by molar-refractivity contribution is -0.192. The van der Waals surface area contributed by atoms with Gasteiger partial charge in [0.25, 0.3) is 5.91 Å². The fraction of sp³-hybridized carbons (Fsp3) is 0.273. The molecule has 0 bridgehead atoms. The second-order valence-electron chi connectivity index (χ2n) is 7.96. The molecule has 4 heterocycles. The largest absolute Gasteiger partial charge is 0.490 e. The highest BCUT2D eigenvalue weighted by atomic mass is 32.2. The SMILES string of the molecule is O=C(O)C(F)(F)F.O=C(c1ccno1)N1CC2Oc3ncccc3S(=O)(=O)N(Cc3ccccc3)C2C1. The first-order valence-electron chi connectivity index (χ1n) is 10.7. The fourth-order valence-electron chi connectivity index (χ4n) is 3.87. The molecule has 2 aliphatic rings. The first kappa shape index (κ1) is 26.1. The smallest absolute Gasteiger partial charge is 0.475 e. The average Bonchev–Trinajstić information content (AvgIpc) is 3.52. The zero-order valence-electron chi connectivity index (χ0n) is 18.8. The van der Waals surface area contributed by atoms with Crippen LogP contribution in [-0.2, 0) is 21.4 Å². The number of alkyl halides is 3. The summed E-state index contributed by atoms with van der Waals surface area (Å²) in [6, 6.07) is 13.3. The van der Waals surface area contributed by atoms with Crippen molar-refractivity contribution >= 4 is 21.9 Å². The van der Waals surface area contributed by atoms with Gasteiger partial charge in [-0.1, -0.05) is 35.5 Å². The van der Waals surface area contributed by atoms with E-state index in [0.29, 0.717) is 0 Å². The minimum absolute atomic E-state index is 0.0310. The van der Waals surface area contributed by atoms with Gasteiger partial charge in [-0.2, -0.15) is 17.5 Å². The maximum atomic E-state index is 13.6. The van der Waals surface area contributed by atoms with Gasteiger partial charge in [0.2, 0.25) is 21.7 Å².